The minimum Gasteiger partial charge on any atom is -0.497 e. The molecule has 0 radical (unpaired) electrons. The number of sulfonamides is 1. The zero-order valence-corrected chi connectivity index (χ0v) is 14.0. The number of benzene rings is 1. The van der Waals surface area contributed by atoms with Crippen LogP contribution in [0.25, 0.3) is 0 Å². The van der Waals surface area contributed by atoms with Crippen molar-refractivity contribution < 1.29 is 17.9 Å². The number of hydrogen-bond donors (Lipinski definition) is 0. The van der Waals surface area contributed by atoms with Crippen LogP contribution in [0, 0.1) is 0 Å². The van der Waals surface area contributed by atoms with Gasteiger partial charge in [-0.2, -0.15) is 0 Å². The van der Waals surface area contributed by atoms with Gasteiger partial charge in [-0.3, -0.25) is 4.31 Å². The summed E-state index contributed by atoms with van der Waals surface area (Å²) < 4.78 is 38.2. The minimum absolute atomic E-state index is 0.349. The van der Waals surface area contributed by atoms with E-state index >= 15 is 0 Å². The molecule has 2 heterocycles. The Morgan fingerprint density at radius 2 is 2.05 bits per heavy atom. The van der Waals surface area contributed by atoms with E-state index in [0.29, 0.717) is 27.9 Å². The van der Waals surface area contributed by atoms with Crippen LogP contribution < -0.4 is 13.8 Å². The summed E-state index contributed by atoms with van der Waals surface area (Å²) in [6.45, 7) is 0.462. The summed E-state index contributed by atoms with van der Waals surface area (Å²) in [6, 6.07) is 6.93. The van der Waals surface area contributed by atoms with Gasteiger partial charge in [0.2, 0.25) is 0 Å². The van der Waals surface area contributed by atoms with Gasteiger partial charge in [-0.25, -0.2) is 8.42 Å². The highest BCUT2D eigenvalue weighted by molar-refractivity contribution is 7.94. The third kappa shape index (κ3) is 2.44. The lowest BCUT2D eigenvalue weighted by Crippen LogP contribution is -2.35. The first-order valence-corrected chi connectivity index (χ1v) is 9.21. The molecule has 5 nitrogen and oxygen atoms in total. The maximum atomic E-state index is 12.9. The van der Waals surface area contributed by atoms with E-state index in [1.54, 1.807) is 43.9 Å². The van der Waals surface area contributed by atoms with E-state index in [2.05, 4.69) is 0 Å². The first-order chi connectivity index (χ1) is 10.6. The van der Waals surface area contributed by atoms with E-state index in [0.717, 1.165) is 18.4 Å². The average molecular weight is 339 g/mol. The zero-order valence-electron chi connectivity index (χ0n) is 12.4. The van der Waals surface area contributed by atoms with Crippen LogP contribution in [-0.2, 0) is 16.4 Å². The summed E-state index contributed by atoms with van der Waals surface area (Å²) in [5.41, 5.74) is 1.56. The molecule has 0 N–H and O–H groups in total. The highest BCUT2D eigenvalue weighted by atomic mass is 32.2. The first-order valence-electron chi connectivity index (χ1n) is 6.89. The van der Waals surface area contributed by atoms with Crippen molar-refractivity contribution in [2.45, 2.75) is 17.1 Å². The molecule has 3 rings (SSSR count). The number of hydrogen-bond acceptors (Lipinski definition) is 5. The van der Waals surface area contributed by atoms with E-state index in [4.69, 9.17) is 9.47 Å². The molecule has 0 bridgehead atoms. The fraction of sp³-hybridized carbons (Fsp3) is 0.333. The molecule has 0 unspecified atom stereocenters. The lowest BCUT2D eigenvalue weighted by atomic mass is 10.0. The molecule has 0 atom stereocenters. The molecule has 1 aromatic heterocycles. The van der Waals surface area contributed by atoms with Crippen molar-refractivity contribution in [2.24, 2.45) is 0 Å². The third-order valence-corrected chi connectivity index (χ3v) is 6.90. The van der Waals surface area contributed by atoms with Crippen LogP contribution in [-0.4, -0.2) is 29.2 Å². The second-order valence-corrected chi connectivity index (χ2v) is 7.98. The second kappa shape index (κ2) is 5.81. The number of nitrogens with zero attached hydrogens (tertiary/aromatic N) is 1. The van der Waals surface area contributed by atoms with Crippen molar-refractivity contribution in [3.63, 3.8) is 0 Å². The normalized spacial score (nSPS) is 14.5. The second-order valence-electron chi connectivity index (χ2n) is 4.94. The fourth-order valence-corrected chi connectivity index (χ4v) is 5.30. The molecule has 0 aliphatic carbocycles. The standard InChI is InChI=1S/C15H17NO4S2/c1-19-11-9-13-12(14(10-11)20-2)5-3-7-16(13)22(17,18)15-6-4-8-21-15/h4,6,8-10H,3,5,7H2,1-2H3. The van der Waals surface area contributed by atoms with Gasteiger partial charge in [-0.1, -0.05) is 6.07 Å². The molecule has 22 heavy (non-hydrogen) atoms. The molecule has 118 valence electrons. The van der Waals surface area contributed by atoms with Gasteiger partial charge in [0.15, 0.2) is 0 Å². The van der Waals surface area contributed by atoms with Gasteiger partial charge in [0, 0.05) is 24.2 Å². The van der Waals surface area contributed by atoms with Gasteiger partial charge in [0.25, 0.3) is 10.0 Å². The molecule has 0 saturated heterocycles. The van der Waals surface area contributed by atoms with Gasteiger partial charge in [0.05, 0.1) is 19.9 Å². The van der Waals surface area contributed by atoms with Crippen molar-refractivity contribution in [1.29, 1.82) is 0 Å². The number of ether oxygens (including phenoxy) is 2. The lowest BCUT2D eigenvalue weighted by Gasteiger charge is -2.31. The quantitative estimate of drug-likeness (QED) is 0.859. The van der Waals surface area contributed by atoms with Gasteiger partial charge in [-0.15, -0.1) is 11.3 Å². The van der Waals surface area contributed by atoms with Crippen LogP contribution in [0.5, 0.6) is 11.5 Å². The SMILES string of the molecule is COc1cc(OC)c2c(c1)N(S(=O)(=O)c1cccs1)CCC2. The van der Waals surface area contributed by atoms with E-state index in [-0.39, 0.29) is 0 Å². The number of rotatable bonds is 4. The lowest BCUT2D eigenvalue weighted by molar-refractivity contribution is 0.390. The smallest absolute Gasteiger partial charge is 0.273 e. The minimum atomic E-state index is -3.54. The Morgan fingerprint density at radius 1 is 1.23 bits per heavy atom. The Bertz CT molecular complexity index is 769. The number of fused-ring (bicyclic) bond motifs is 1. The highest BCUT2D eigenvalue weighted by Gasteiger charge is 2.31. The molecular weight excluding hydrogens is 322 g/mol. The molecule has 0 amide bonds. The Hall–Kier alpha value is -1.73. The van der Waals surface area contributed by atoms with E-state index in [1.165, 1.54) is 15.6 Å². The molecule has 7 heteroatoms. The van der Waals surface area contributed by atoms with Crippen LogP contribution in [0.15, 0.2) is 33.9 Å². The molecule has 0 fully saturated rings. The van der Waals surface area contributed by atoms with Crippen molar-refractivity contribution in [2.75, 3.05) is 25.1 Å². The molecule has 2 aromatic rings. The summed E-state index contributed by atoms with van der Waals surface area (Å²) in [5.74, 6) is 1.25. The van der Waals surface area contributed by atoms with Crippen LogP contribution in [0.2, 0.25) is 0 Å². The van der Waals surface area contributed by atoms with Crippen LogP contribution in [0.3, 0.4) is 0 Å². The van der Waals surface area contributed by atoms with Crippen molar-refractivity contribution in [1.82, 2.24) is 0 Å². The predicted octanol–water partition coefficient (Wildman–Crippen LogP) is 2.91. The summed E-state index contributed by atoms with van der Waals surface area (Å²) in [6.07, 6.45) is 1.55. The summed E-state index contributed by atoms with van der Waals surface area (Å²) in [7, 11) is -0.399. The molecule has 1 aromatic carbocycles. The maximum Gasteiger partial charge on any atom is 0.273 e. The zero-order chi connectivity index (χ0) is 15.7. The Labute approximate surface area is 134 Å². The van der Waals surface area contributed by atoms with Crippen LogP contribution >= 0.6 is 11.3 Å². The molecule has 1 aliphatic heterocycles. The third-order valence-electron chi connectivity index (χ3n) is 3.71. The molecule has 0 saturated carbocycles. The monoisotopic (exact) mass is 339 g/mol. The first kappa shape index (κ1) is 15.2. The Morgan fingerprint density at radius 3 is 2.68 bits per heavy atom. The number of anilines is 1. The van der Waals surface area contributed by atoms with Crippen LogP contribution in [0.1, 0.15) is 12.0 Å². The van der Waals surface area contributed by atoms with Crippen molar-refractivity contribution >= 4 is 27.0 Å². The maximum absolute atomic E-state index is 12.9. The predicted molar refractivity (Wildman–Crippen MR) is 86.7 cm³/mol. The molecule has 0 spiro atoms. The van der Waals surface area contributed by atoms with Gasteiger partial charge in [-0.05, 0) is 24.3 Å². The van der Waals surface area contributed by atoms with Crippen molar-refractivity contribution in [3.05, 3.63) is 35.2 Å². The van der Waals surface area contributed by atoms with Crippen molar-refractivity contribution in [3.8, 4) is 11.5 Å². The summed E-state index contributed by atoms with van der Waals surface area (Å²) >= 11 is 1.23. The molecule has 1 aliphatic rings. The van der Waals surface area contributed by atoms with Gasteiger partial charge >= 0.3 is 0 Å². The van der Waals surface area contributed by atoms with Crippen LogP contribution in [0.4, 0.5) is 5.69 Å². The Kier molecular flexibility index (Phi) is 4.01. The Balaban J connectivity index is 2.15. The summed E-state index contributed by atoms with van der Waals surface area (Å²) in [4.78, 5) is 0. The van der Waals surface area contributed by atoms with E-state index in [9.17, 15) is 8.42 Å². The molecular formula is C15H17NO4S2. The van der Waals surface area contributed by atoms with Gasteiger partial charge in [0.1, 0.15) is 15.7 Å². The summed E-state index contributed by atoms with van der Waals surface area (Å²) in [5, 5.41) is 1.77. The van der Waals surface area contributed by atoms with Gasteiger partial charge < -0.3 is 9.47 Å². The fourth-order valence-electron chi connectivity index (χ4n) is 2.67. The van der Waals surface area contributed by atoms with E-state index in [1.807, 2.05) is 0 Å². The number of thiophene rings is 1. The number of methoxy groups -OCH3 is 2. The largest absolute Gasteiger partial charge is 0.497 e. The highest BCUT2D eigenvalue weighted by Crippen LogP contribution is 2.40. The average Bonchev–Trinajstić information content (AvgIpc) is 3.08. The van der Waals surface area contributed by atoms with E-state index < -0.39 is 10.0 Å². The topological polar surface area (TPSA) is 55.8 Å².